The highest BCUT2D eigenvalue weighted by atomic mass is 16.6. The van der Waals surface area contributed by atoms with E-state index in [0.717, 1.165) is 0 Å². The molecule has 0 aliphatic rings. The Kier molecular flexibility index (Phi) is 6.40. The molecule has 104 valence electrons. The molecule has 0 saturated carbocycles. The summed E-state index contributed by atoms with van der Waals surface area (Å²) in [5, 5.41) is 17.9. The maximum absolute atomic E-state index is 11.6. The van der Waals surface area contributed by atoms with E-state index in [4.69, 9.17) is 14.9 Å². The van der Waals surface area contributed by atoms with Crippen LogP contribution in [0.2, 0.25) is 0 Å². The predicted molar refractivity (Wildman–Crippen MR) is 66.4 cm³/mol. The Labute approximate surface area is 107 Å². The van der Waals surface area contributed by atoms with Crippen LogP contribution in [-0.4, -0.2) is 45.5 Å². The van der Waals surface area contributed by atoms with Crippen molar-refractivity contribution in [1.82, 2.24) is 4.90 Å². The van der Waals surface area contributed by atoms with Crippen molar-refractivity contribution in [1.29, 1.82) is 0 Å². The summed E-state index contributed by atoms with van der Waals surface area (Å²) in [5.74, 6) is 0. The lowest BCUT2D eigenvalue weighted by Crippen LogP contribution is -2.40. The molecule has 18 heavy (non-hydrogen) atoms. The molecule has 0 aromatic heterocycles. The van der Waals surface area contributed by atoms with Crippen molar-refractivity contribution >= 4 is 12.2 Å². The van der Waals surface area contributed by atoms with E-state index in [1.54, 1.807) is 33.8 Å². The van der Waals surface area contributed by atoms with Crippen molar-refractivity contribution in [2.45, 2.75) is 45.8 Å². The molecule has 1 unspecified atom stereocenters. The molecule has 0 rings (SSSR count). The Morgan fingerprint density at radius 1 is 1.33 bits per heavy atom. The van der Waals surface area contributed by atoms with Gasteiger partial charge >= 0.3 is 12.2 Å². The second kappa shape index (κ2) is 7.00. The van der Waals surface area contributed by atoms with Gasteiger partial charge in [0.2, 0.25) is 0 Å². The van der Waals surface area contributed by atoms with Gasteiger partial charge < -0.3 is 14.9 Å². The van der Waals surface area contributed by atoms with Crippen molar-refractivity contribution < 1.29 is 24.5 Å². The number of carbonyl (C=O) groups excluding carboxylic acids is 1. The van der Waals surface area contributed by atoms with Crippen molar-refractivity contribution in [2.75, 3.05) is 6.54 Å². The Balaban J connectivity index is 4.44. The topological polar surface area (TPSA) is 87.1 Å². The molecule has 0 heterocycles. The number of aliphatic hydroxyl groups excluding tert-OH is 1. The minimum Gasteiger partial charge on any atom is -0.465 e. The van der Waals surface area contributed by atoms with Crippen LogP contribution in [0.5, 0.6) is 0 Å². The van der Waals surface area contributed by atoms with E-state index >= 15 is 0 Å². The monoisotopic (exact) mass is 259 g/mol. The van der Waals surface area contributed by atoms with Crippen LogP contribution in [0.25, 0.3) is 0 Å². The highest BCUT2D eigenvalue weighted by Crippen LogP contribution is 2.10. The number of hydrogen-bond donors (Lipinski definition) is 2. The molecule has 6 nitrogen and oxygen atoms in total. The van der Waals surface area contributed by atoms with Gasteiger partial charge in [0.15, 0.2) is 0 Å². The van der Waals surface area contributed by atoms with Gasteiger partial charge in [-0.3, -0.25) is 0 Å². The third kappa shape index (κ3) is 7.67. The van der Waals surface area contributed by atoms with Crippen LogP contribution in [-0.2, 0) is 4.74 Å². The number of amides is 2. The molecular weight excluding hydrogens is 238 g/mol. The molecule has 0 radical (unpaired) electrons. The molecule has 0 aliphatic heterocycles. The smallest absolute Gasteiger partial charge is 0.420 e. The van der Waals surface area contributed by atoms with E-state index < -0.39 is 23.9 Å². The SMILES string of the molecule is CC(O)C/C=C\CN(C(=O)O)C(=O)OC(C)(C)C. The maximum atomic E-state index is 11.6. The number of carboxylic acid groups (broad SMARTS) is 1. The van der Waals surface area contributed by atoms with Crippen LogP contribution in [0.4, 0.5) is 9.59 Å². The normalized spacial score (nSPS) is 13.4. The average Bonchev–Trinajstić information content (AvgIpc) is 2.12. The molecule has 2 amide bonds. The van der Waals surface area contributed by atoms with Crippen LogP contribution < -0.4 is 0 Å². The van der Waals surface area contributed by atoms with Gasteiger partial charge in [-0.2, -0.15) is 0 Å². The van der Waals surface area contributed by atoms with Crippen LogP contribution in [0, 0.1) is 0 Å². The van der Waals surface area contributed by atoms with Crippen LogP contribution in [0.1, 0.15) is 34.1 Å². The third-order valence-corrected chi connectivity index (χ3v) is 1.78. The lowest BCUT2D eigenvalue weighted by Gasteiger charge is -2.23. The minimum absolute atomic E-state index is 0.100. The molecular formula is C12H21NO5. The van der Waals surface area contributed by atoms with Crippen molar-refractivity contribution in [3.8, 4) is 0 Å². The first-order valence-electron chi connectivity index (χ1n) is 5.70. The van der Waals surface area contributed by atoms with Gasteiger partial charge in [-0.1, -0.05) is 12.2 Å². The molecule has 6 heteroatoms. The Morgan fingerprint density at radius 2 is 1.89 bits per heavy atom. The number of aliphatic hydroxyl groups is 1. The Bertz CT molecular complexity index is 317. The van der Waals surface area contributed by atoms with E-state index in [2.05, 4.69) is 0 Å². The van der Waals surface area contributed by atoms with E-state index in [0.29, 0.717) is 11.3 Å². The van der Waals surface area contributed by atoms with Crippen molar-refractivity contribution in [2.24, 2.45) is 0 Å². The average molecular weight is 259 g/mol. The van der Waals surface area contributed by atoms with Crippen LogP contribution >= 0.6 is 0 Å². The standard InChI is InChI=1S/C12H21NO5/c1-9(14)7-5-6-8-13(10(15)16)11(17)18-12(2,3)4/h5-6,9,14H,7-8H2,1-4H3,(H,15,16)/b6-5-. The lowest BCUT2D eigenvalue weighted by atomic mass is 10.2. The number of rotatable bonds is 4. The van der Waals surface area contributed by atoms with Gasteiger partial charge in [0.1, 0.15) is 5.60 Å². The molecule has 0 saturated heterocycles. The first-order chi connectivity index (χ1) is 8.13. The van der Waals surface area contributed by atoms with Crippen molar-refractivity contribution in [3.63, 3.8) is 0 Å². The number of ether oxygens (including phenoxy) is 1. The second-order valence-electron chi connectivity index (χ2n) is 4.93. The summed E-state index contributed by atoms with van der Waals surface area (Å²) < 4.78 is 4.96. The van der Waals surface area contributed by atoms with Gasteiger partial charge in [0.25, 0.3) is 0 Å². The fourth-order valence-corrected chi connectivity index (χ4v) is 1.02. The fraction of sp³-hybridized carbons (Fsp3) is 0.667. The first kappa shape index (κ1) is 16.4. The summed E-state index contributed by atoms with van der Waals surface area (Å²) >= 11 is 0. The number of nitrogens with zero attached hydrogens (tertiary/aromatic N) is 1. The predicted octanol–water partition coefficient (Wildman–Crippen LogP) is 2.23. The first-order valence-corrected chi connectivity index (χ1v) is 5.70. The molecule has 0 bridgehead atoms. The zero-order valence-electron chi connectivity index (χ0n) is 11.2. The van der Waals surface area contributed by atoms with Crippen molar-refractivity contribution in [3.05, 3.63) is 12.2 Å². The summed E-state index contributed by atoms with van der Waals surface area (Å²) in [6.45, 7) is 6.50. The Hall–Kier alpha value is -1.56. The summed E-state index contributed by atoms with van der Waals surface area (Å²) in [7, 11) is 0. The fourth-order valence-electron chi connectivity index (χ4n) is 1.02. The van der Waals surface area contributed by atoms with E-state index in [-0.39, 0.29) is 6.54 Å². The summed E-state index contributed by atoms with van der Waals surface area (Å²) in [5.41, 5.74) is -0.742. The van der Waals surface area contributed by atoms with Gasteiger partial charge in [-0.05, 0) is 34.1 Å². The maximum Gasteiger partial charge on any atom is 0.420 e. The van der Waals surface area contributed by atoms with Gasteiger partial charge in [-0.15, -0.1) is 0 Å². The third-order valence-electron chi connectivity index (χ3n) is 1.78. The van der Waals surface area contributed by atoms with Crippen LogP contribution in [0.15, 0.2) is 12.2 Å². The van der Waals surface area contributed by atoms with Gasteiger partial charge in [0, 0.05) is 0 Å². The molecule has 0 aliphatic carbocycles. The number of carbonyl (C=O) groups is 2. The number of imide groups is 1. The zero-order chi connectivity index (χ0) is 14.3. The van der Waals surface area contributed by atoms with Gasteiger partial charge in [-0.25, -0.2) is 14.5 Å². The molecule has 1 atom stereocenters. The molecule has 0 fully saturated rings. The Morgan fingerprint density at radius 3 is 2.28 bits per heavy atom. The molecule has 2 N–H and O–H groups in total. The highest BCUT2D eigenvalue weighted by molar-refractivity contribution is 5.87. The number of hydrogen-bond acceptors (Lipinski definition) is 4. The lowest BCUT2D eigenvalue weighted by molar-refractivity contribution is 0.0290. The molecule has 0 spiro atoms. The quantitative estimate of drug-likeness (QED) is 0.756. The van der Waals surface area contributed by atoms with E-state index in [9.17, 15) is 9.59 Å². The molecule has 0 aromatic rings. The van der Waals surface area contributed by atoms with Crippen LogP contribution in [0.3, 0.4) is 0 Å². The molecule has 0 aromatic carbocycles. The minimum atomic E-state index is -1.37. The van der Waals surface area contributed by atoms with Gasteiger partial charge in [0.05, 0.1) is 12.6 Å². The van der Waals surface area contributed by atoms with E-state index in [1.807, 2.05) is 0 Å². The highest BCUT2D eigenvalue weighted by Gasteiger charge is 2.25. The second-order valence-corrected chi connectivity index (χ2v) is 4.93. The largest absolute Gasteiger partial charge is 0.465 e. The summed E-state index contributed by atoms with van der Waals surface area (Å²) in [4.78, 5) is 23.0. The summed E-state index contributed by atoms with van der Waals surface area (Å²) in [6, 6.07) is 0. The van der Waals surface area contributed by atoms with E-state index in [1.165, 1.54) is 6.08 Å². The zero-order valence-corrected chi connectivity index (χ0v) is 11.2. The summed E-state index contributed by atoms with van der Waals surface area (Å²) in [6.07, 6.45) is 0.751.